The molecule has 0 atom stereocenters. The zero-order valence-corrected chi connectivity index (χ0v) is 15.6. The van der Waals surface area contributed by atoms with Gasteiger partial charge in [0, 0.05) is 12.6 Å². The van der Waals surface area contributed by atoms with Gasteiger partial charge in [-0.3, -0.25) is 4.31 Å². The van der Waals surface area contributed by atoms with E-state index < -0.39 is 27.5 Å². The molecule has 0 unspecified atom stereocenters. The summed E-state index contributed by atoms with van der Waals surface area (Å²) in [6.07, 6.45) is 4.16. The van der Waals surface area contributed by atoms with Gasteiger partial charge in [-0.15, -0.1) is 0 Å². The molecule has 144 valence electrons. The molecular weight excluding hydrogens is 372 g/mol. The summed E-state index contributed by atoms with van der Waals surface area (Å²) >= 11 is 0. The minimum atomic E-state index is -4.12. The Bertz CT molecular complexity index is 927. The number of para-hydroxylation sites is 3. The molecule has 2 aliphatic rings. The number of hydrogen-bond acceptors (Lipinski definition) is 3. The van der Waals surface area contributed by atoms with Gasteiger partial charge in [-0.25, -0.2) is 13.1 Å². The highest BCUT2D eigenvalue weighted by Crippen LogP contribution is 2.46. The SMILES string of the molecule is O=S1(=O)N(CCCNC2CCC2)c2ccccc2N1c1c(F)cccc1F. The lowest BCUT2D eigenvalue weighted by Crippen LogP contribution is -2.39. The summed E-state index contributed by atoms with van der Waals surface area (Å²) in [5.74, 6) is -1.83. The van der Waals surface area contributed by atoms with E-state index in [1.165, 1.54) is 16.8 Å². The van der Waals surface area contributed by atoms with E-state index in [1.54, 1.807) is 24.3 Å². The van der Waals surface area contributed by atoms with Crippen molar-refractivity contribution in [1.82, 2.24) is 5.32 Å². The van der Waals surface area contributed by atoms with Crippen molar-refractivity contribution in [2.24, 2.45) is 0 Å². The van der Waals surface area contributed by atoms with Gasteiger partial charge >= 0.3 is 10.2 Å². The van der Waals surface area contributed by atoms with E-state index in [1.807, 2.05) is 0 Å². The van der Waals surface area contributed by atoms with Crippen molar-refractivity contribution in [2.75, 3.05) is 21.7 Å². The monoisotopic (exact) mass is 393 g/mol. The maximum absolute atomic E-state index is 14.3. The van der Waals surface area contributed by atoms with E-state index in [0.29, 0.717) is 24.7 Å². The smallest absolute Gasteiger partial charge is 0.314 e. The first-order chi connectivity index (χ1) is 13.0. The van der Waals surface area contributed by atoms with Crippen LogP contribution in [0.3, 0.4) is 0 Å². The second kappa shape index (κ2) is 7.09. The molecule has 4 rings (SSSR count). The third kappa shape index (κ3) is 3.17. The number of fused-ring (bicyclic) bond motifs is 1. The van der Waals surface area contributed by atoms with E-state index in [2.05, 4.69) is 5.32 Å². The molecule has 0 aromatic heterocycles. The van der Waals surface area contributed by atoms with Crippen molar-refractivity contribution in [2.45, 2.75) is 31.7 Å². The van der Waals surface area contributed by atoms with Gasteiger partial charge in [-0.1, -0.05) is 24.6 Å². The Morgan fingerprint density at radius 2 is 1.67 bits per heavy atom. The predicted octanol–water partition coefficient (Wildman–Crippen LogP) is 3.70. The van der Waals surface area contributed by atoms with Crippen LogP contribution in [0.25, 0.3) is 0 Å². The number of hydrogen-bond donors (Lipinski definition) is 1. The summed E-state index contributed by atoms with van der Waals surface area (Å²) in [4.78, 5) is 0. The maximum Gasteiger partial charge on any atom is 0.331 e. The first-order valence-corrected chi connectivity index (χ1v) is 10.5. The van der Waals surface area contributed by atoms with Gasteiger partial charge in [0.1, 0.15) is 5.69 Å². The molecule has 2 aromatic carbocycles. The van der Waals surface area contributed by atoms with Crippen LogP contribution in [-0.2, 0) is 10.2 Å². The van der Waals surface area contributed by atoms with Crippen molar-refractivity contribution in [3.8, 4) is 0 Å². The van der Waals surface area contributed by atoms with Crippen LogP contribution in [0.2, 0.25) is 0 Å². The van der Waals surface area contributed by atoms with Gasteiger partial charge in [0.25, 0.3) is 0 Å². The van der Waals surface area contributed by atoms with Crippen LogP contribution < -0.4 is 13.9 Å². The fourth-order valence-corrected chi connectivity index (χ4v) is 5.26. The Balaban J connectivity index is 1.64. The largest absolute Gasteiger partial charge is 0.331 e. The fraction of sp³-hybridized carbons (Fsp3) is 0.368. The number of rotatable bonds is 6. The topological polar surface area (TPSA) is 52.7 Å². The summed E-state index contributed by atoms with van der Waals surface area (Å²) in [5.41, 5.74) is 0.122. The summed E-state index contributed by atoms with van der Waals surface area (Å²) in [7, 11) is -4.12. The lowest BCUT2D eigenvalue weighted by molar-refractivity contribution is 0.340. The summed E-state index contributed by atoms with van der Waals surface area (Å²) in [5, 5.41) is 3.40. The number of nitrogens with one attached hydrogen (secondary N) is 1. The summed E-state index contributed by atoms with van der Waals surface area (Å²) in [6.45, 7) is 0.943. The van der Waals surface area contributed by atoms with Crippen LogP contribution in [0.5, 0.6) is 0 Å². The highest BCUT2D eigenvalue weighted by Gasteiger charge is 2.43. The van der Waals surface area contributed by atoms with Crippen molar-refractivity contribution >= 4 is 27.3 Å². The van der Waals surface area contributed by atoms with Gasteiger partial charge in [-0.2, -0.15) is 8.42 Å². The zero-order chi connectivity index (χ0) is 19.0. The van der Waals surface area contributed by atoms with Gasteiger partial charge in [-0.05, 0) is 50.1 Å². The van der Waals surface area contributed by atoms with E-state index >= 15 is 0 Å². The quantitative estimate of drug-likeness (QED) is 0.762. The molecule has 0 radical (unpaired) electrons. The molecule has 0 amide bonds. The van der Waals surface area contributed by atoms with Crippen LogP contribution in [0.1, 0.15) is 25.7 Å². The average Bonchev–Trinajstić information content (AvgIpc) is 2.81. The van der Waals surface area contributed by atoms with Gasteiger partial charge in [0.2, 0.25) is 0 Å². The van der Waals surface area contributed by atoms with E-state index in [-0.39, 0.29) is 12.2 Å². The fourth-order valence-electron chi connectivity index (χ4n) is 3.49. The first-order valence-electron chi connectivity index (χ1n) is 9.09. The van der Waals surface area contributed by atoms with E-state index in [4.69, 9.17) is 0 Å². The minimum absolute atomic E-state index is 0.242. The lowest BCUT2D eigenvalue weighted by atomic mass is 9.93. The number of benzene rings is 2. The Labute approximate surface area is 157 Å². The Morgan fingerprint density at radius 3 is 2.30 bits per heavy atom. The molecule has 1 aliphatic heterocycles. The van der Waals surface area contributed by atoms with Crippen molar-refractivity contribution in [3.63, 3.8) is 0 Å². The van der Waals surface area contributed by atoms with Crippen molar-refractivity contribution in [3.05, 3.63) is 54.1 Å². The van der Waals surface area contributed by atoms with Gasteiger partial charge < -0.3 is 5.32 Å². The Kier molecular flexibility index (Phi) is 4.77. The normalized spacial score (nSPS) is 18.4. The number of halogens is 2. The predicted molar refractivity (Wildman–Crippen MR) is 101 cm³/mol. The van der Waals surface area contributed by atoms with E-state index in [9.17, 15) is 17.2 Å². The van der Waals surface area contributed by atoms with E-state index in [0.717, 1.165) is 29.3 Å². The number of nitrogens with zero attached hydrogens (tertiary/aromatic N) is 2. The molecular formula is C19H21F2N3O2S. The Morgan fingerprint density at radius 1 is 1.00 bits per heavy atom. The molecule has 1 fully saturated rings. The molecule has 1 aliphatic carbocycles. The van der Waals surface area contributed by atoms with Crippen LogP contribution >= 0.6 is 0 Å². The average molecular weight is 393 g/mol. The third-order valence-corrected chi connectivity index (χ3v) is 6.87. The third-order valence-electron chi connectivity index (χ3n) is 5.10. The highest BCUT2D eigenvalue weighted by atomic mass is 32.2. The molecule has 0 saturated heterocycles. The Hall–Kier alpha value is -2.19. The lowest BCUT2D eigenvalue weighted by Gasteiger charge is -2.27. The van der Waals surface area contributed by atoms with Crippen molar-refractivity contribution < 1.29 is 17.2 Å². The molecule has 0 bridgehead atoms. The van der Waals surface area contributed by atoms with Crippen LogP contribution in [0.15, 0.2) is 42.5 Å². The van der Waals surface area contributed by atoms with Crippen LogP contribution in [0, 0.1) is 11.6 Å². The summed E-state index contributed by atoms with van der Waals surface area (Å²) < 4.78 is 57.0. The van der Waals surface area contributed by atoms with Crippen molar-refractivity contribution in [1.29, 1.82) is 0 Å². The zero-order valence-electron chi connectivity index (χ0n) is 14.7. The maximum atomic E-state index is 14.3. The molecule has 1 heterocycles. The standard InChI is InChI=1S/C19H21F2N3O2S/c20-15-8-4-9-16(21)19(15)24-18-11-2-1-10-17(18)23(27(24,25)26)13-5-12-22-14-6-3-7-14/h1-2,4,8-11,14,22H,3,5-7,12-13H2. The minimum Gasteiger partial charge on any atom is -0.314 e. The van der Waals surface area contributed by atoms with Crippen LogP contribution in [-0.4, -0.2) is 27.5 Å². The summed E-state index contributed by atoms with van der Waals surface area (Å²) in [6, 6.07) is 10.4. The van der Waals surface area contributed by atoms with Crippen LogP contribution in [0.4, 0.5) is 25.8 Å². The molecule has 2 aromatic rings. The molecule has 0 spiro atoms. The second-order valence-electron chi connectivity index (χ2n) is 6.84. The number of anilines is 3. The molecule has 5 nitrogen and oxygen atoms in total. The second-order valence-corrected chi connectivity index (χ2v) is 8.54. The molecule has 8 heteroatoms. The van der Waals surface area contributed by atoms with Gasteiger partial charge in [0.05, 0.1) is 11.4 Å². The first kappa shape index (κ1) is 18.2. The molecule has 27 heavy (non-hydrogen) atoms. The highest BCUT2D eigenvalue weighted by molar-refractivity contribution is 7.95. The molecule has 1 N–H and O–H groups in total. The molecule has 1 saturated carbocycles. The van der Waals surface area contributed by atoms with Gasteiger partial charge in [0.15, 0.2) is 11.6 Å².